The van der Waals surface area contributed by atoms with E-state index in [0.29, 0.717) is 22.7 Å². The Morgan fingerprint density at radius 3 is 2.25 bits per heavy atom. The van der Waals surface area contributed by atoms with Crippen LogP contribution >= 0.6 is 0 Å². The monoisotopic (exact) mass is 399 g/mol. The third-order valence-electron chi connectivity index (χ3n) is 3.84. The van der Waals surface area contributed by atoms with Gasteiger partial charge in [0, 0.05) is 18.2 Å². The third kappa shape index (κ3) is 4.09. The zero-order valence-corrected chi connectivity index (χ0v) is 15.9. The van der Waals surface area contributed by atoms with Crippen molar-refractivity contribution in [3.63, 3.8) is 0 Å². The molecule has 0 aliphatic rings. The molecule has 0 radical (unpaired) electrons. The van der Waals surface area contributed by atoms with Gasteiger partial charge < -0.3 is 9.84 Å². The van der Waals surface area contributed by atoms with Gasteiger partial charge in [-0.2, -0.15) is 0 Å². The molecule has 9 heteroatoms. The van der Waals surface area contributed by atoms with Crippen molar-refractivity contribution in [2.24, 2.45) is 0 Å². The van der Waals surface area contributed by atoms with Crippen LogP contribution in [0, 0.1) is 6.92 Å². The van der Waals surface area contributed by atoms with Gasteiger partial charge in [0.25, 0.3) is 15.9 Å². The highest BCUT2D eigenvalue weighted by Gasteiger charge is 2.22. The smallest absolute Gasteiger partial charge is 0.264 e. The van der Waals surface area contributed by atoms with Crippen LogP contribution in [0.5, 0.6) is 0 Å². The molecule has 2 amide bonds. The maximum atomic E-state index is 12.7. The van der Waals surface area contributed by atoms with Crippen molar-refractivity contribution in [3.8, 4) is 11.3 Å². The molecule has 0 unspecified atom stereocenters. The first-order chi connectivity index (χ1) is 13.3. The van der Waals surface area contributed by atoms with E-state index < -0.39 is 21.8 Å². The van der Waals surface area contributed by atoms with E-state index in [2.05, 4.69) is 10.5 Å². The Hall–Kier alpha value is -3.46. The van der Waals surface area contributed by atoms with Gasteiger partial charge in [0.15, 0.2) is 0 Å². The largest absolute Gasteiger partial charge is 0.360 e. The van der Waals surface area contributed by atoms with Crippen molar-refractivity contribution < 1.29 is 22.5 Å². The van der Waals surface area contributed by atoms with Crippen molar-refractivity contribution in [1.29, 1.82) is 0 Å². The lowest BCUT2D eigenvalue weighted by Gasteiger charge is -2.08. The Balaban J connectivity index is 1.83. The summed E-state index contributed by atoms with van der Waals surface area (Å²) in [4.78, 5) is 23.6. The minimum absolute atomic E-state index is 0.0909. The number of carbonyl (C=O) groups is 2. The number of benzene rings is 2. The molecule has 0 fully saturated rings. The zero-order valence-electron chi connectivity index (χ0n) is 15.1. The van der Waals surface area contributed by atoms with E-state index in [1.54, 1.807) is 6.92 Å². The van der Waals surface area contributed by atoms with Crippen molar-refractivity contribution in [1.82, 2.24) is 9.88 Å². The standard InChI is InChI=1S/C19H17N3O5S/c1-12-17(18(21-27-12)14-6-4-3-5-7-14)19(24)20-15-8-10-16(11-9-15)28(25,26)22-13(2)23/h3-11H,1-2H3,(H,20,24)(H,22,23). The second kappa shape index (κ2) is 7.65. The molecule has 0 saturated heterocycles. The number of hydrogen-bond acceptors (Lipinski definition) is 6. The molecule has 2 aromatic carbocycles. The number of anilines is 1. The number of nitrogens with zero attached hydrogens (tertiary/aromatic N) is 1. The summed E-state index contributed by atoms with van der Waals surface area (Å²) in [6.07, 6.45) is 0. The van der Waals surface area contributed by atoms with Gasteiger partial charge in [-0.25, -0.2) is 13.1 Å². The van der Waals surface area contributed by atoms with Crippen LogP contribution in [0.25, 0.3) is 11.3 Å². The van der Waals surface area contributed by atoms with Crippen LogP contribution < -0.4 is 10.0 Å². The number of rotatable bonds is 5. The zero-order chi connectivity index (χ0) is 20.3. The van der Waals surface area contributed by atoms with E-state index in [4.69, 9.17) is 4.52 Å². The lowest BCUT2D eigenvalue weighted by atomic mass is 10.1. The molecule has 0 atom stereocenters. The molecule has 3 rings (SSSR count). The topological polar surface area (TPSA) is 118 Å². The fourth-order valence-corrected chi connectivity index (χ4v) is 3.58. The van der Waals surface area contributed by atoms with Gasteiger partial charge in [-0.1, -0.05) is 35.5 Å². The molecule has 3 aromatic rings. The molecule has 0 aliphatic heterocycles. The lowest BCUT2D eigenvalue weighted by molar-refractivity contribution is -0.117. The van der Waals surface area contributed by atoms with Crippen LogP contribution in [0.2, 0.25) is 0 Å². The van der Waals surface area contributed by atoms with Crippen LogP contribution in [0.4, 0.5) is 5.69 Å². The first kappa shape index (κ1) is 19.3. The SMILES string of the molecule is CC(=O)NS(=O)(=O)c1ccc(NC(=O)c2c(-c3ccccc3)noc2C)cc1. The Morgan fingerprint density at radius 2 is 1.64 bits per heavy atom. The van der Waals surface area contributed by atoms with Crippen LogP contribution in [0.1, 0.15) is 23.0 Å². The van der Waals surface area contributed by atoms with Crippen LogP contribution in [-0.2, 0) is 14.8 Å². The number of aromatic nitrogens is 1. The molecular weight excluding hydrogens is 382 g/mol. The summed E-state index contributed by atoms with van der Waals surface area (Å²) in [6, 6.07) is 14.6. The van der Waals surface area contributed by atoms with E-state index in [9.17, 15) is 18.0 Å². The van der Waals surface area contributed by atoms with Crippen LogP contribution in [0.3, 0.4) is 0 Å². The number of sulfonamides is 1. The molecule has 1 heterocycles. The second-order valence-corrected chi connectivity index (χ2v) is 7.65. The van der Waals surface area contributed by atoms with Crippen molar-refractivity contribution in [3.05, 3.63) is 65.9 Å². The summed E-state index contributed by atoms with van der Waals surface area (Å²) in [5.41, 5.74) is 1.83. The van der Waals surface area contributed by atoms with E-state index >= 15 is 0 Å². The molecular formula is C19H17N3O5S. The predicted octanol–water partition coefficient (Wildman–Crippen LogP) is 2.73. The summed E-state index contributed by atoms with van der Waals surface area (Å²) in [6.45, 7) is 2.75. The van der Waals surface area contributed by atoms with Crippen LogP contribution in [0.15, 0.2) is 64.0 Å². The highest BCUT2D eigenvalue weighted by atomic mass is 32.2. The molecule has 0 saturated carbocycles. The molecule has 0 spiro atoms. The van der Waals surface area contributed by atoms with Gasteiger partial charge in [0.05, 0.1) is 4.90 Å². The molecule has 0 aliphatic carbocycles. The normalized spacial score (nSPS) is 11.1. The predicted molar refractivity (Wildman–Crippen MR) is 102 cm³/mol. The van der Waals surface area contributed by atoms with Gasteiger partial charge >= 0.3 is 0 Å². The first-order valence-corrected chi connectivity index (χ1v) is 9.73. The second-order valence-electron chi connectivity index (χ2n) is 5.97. The van der Waals surface area contributed by atoms with Crippen molar-refractivity contribution in [2.45, 2.75) is 18.7 Å². The summed E-state index contributed by atoms with van der Waals surface area (Å²) in [5.74, 6) is -0.759. The Kier molecular flexibility index (Phi) is 5.27. The fourth-order valence-electron chi connectivity index (χ4n) is 2.59. The molecule has 144 valence electrons. The van der Waals surface area contributed by atoms with Crippen LogP contribution in [-0.4, -0.2) is 25.4 Å². The van der Waals surface area contributed by atoms with Gasteiger partial charge in [0.1, 0.15) is 17.0 Å². The van der Waals surface area contributed by atoms with E-state index in [1.165, 1.54) is 24.3 Å². The average molecular weight is 399 g/mol. The van der Waals surface area contributed by atoms with Gasteiger partial charge in [-0.05, 0) is 31.2 Å². The summed E-state index contributed by atoms with van der Waals surface area (Å²) in [5, 5.41) is 6.66. The first-order valence-electron chi connectivity index (χ1n) is 8.24. The lowest BCUT2D eigenvalue weighted by Crippen LogP contribution is -2.28. The molecule has 0 bridgehead atoms. The Morgan fingerprint density at radius 1 is 1.00 bits per heavy atom. The highest BCUT2D eigenvalue weighted by molar-refractivity contribution is 7.90. The molecule has 8 nitrogen and oxygen atoms in total. The summed E-state index contributed by atoms with van der Waals surface area (Å²) in [7, 11) is -3.93. The minimum atomic E-state index is -3.93. The third-order valence-corrected chi connectivity index (χ3v) is 5.29. The number of carbonyl (C=O) groups excluding carboxylic acids is 2. The maximum Gasteiger partial charge on any atom is 0.264 e. The van der Waals surface area contributed by atoms with Crippen molar-refractivity contribution in [2.75, 3.05) is 5.32 Å². The molecule has 1 aromatic heterocycles. The Bertz CT molecular complexity index is 1120. The van der Waals surface area contributed by atoms with Gasteiger partial charge in [-0.15, -0.1) is 0 Å². The number of amides is 2. The van der Waals surface area contributed by atoms with Gasteiger partial charge in [-0.3, -0.25) is 9.59 Å². The molecule has 2 N–H and O–H groups in total. The quantitative estimate of drug-likeness (QED) is 0.681. The average Bonchev–Trinajstić information content (AvgIpc) is 3.03. The summed E-state index contributed by atoms with van der Waals surface area (Å²) >= 11 is 0. The number of hydrogen-bond donors (Lipinski definition) is 2. The van der Waals surface area contributed by atoms with Gasteiger partial charge in [0.2, 0.25) is 5.91 Å². The maximum absolute atomic E-state index is 12.7. The minimum Gasteiger partial charge on any atom is -0.360 e. The highest BCUT2D eigenvalue weighted by Crippen LogP contribution is 2.26. The molecule has 28 heavy (non-hydrogen) atoms. The van der Waals surface area contributed by atoms with E-state index in [1.807, 2.05) is 35.1 Å². The number of nitrogens with one attached hydrogen (secondary N) is 2. The van der Waals surface area contributed by atoms with E-state index in [0.717, 1.165) is 12.5 Å². The fraction of sp³-hybridized carbons (Fsp3) is 0.105. The summed E-state index contributed by atoms with van der Waals surface area (Å²) < 4.78 is 31.0. The number of aryl methyl sites for hydroxylation is 1. The van der Waals surface area contributed by atoms with E-state index in [-0.39, 0.29) is 4.90 Å². The van der Waals surface area contributed by atoms with Crippen molar-refractivity contribution >= 4 is 27.5 Å². The Labute approximate surface area is 161 Å².